The zero-order valence-electron chi connectivity index (χ0n) is 10.0. The minimum atomic E-state index is -0.0645. The number of carbonyl (C=O) groups is 1. The molecule has 7 heteroatoms. The van der Waals surface area contributed by atoms with Crippen molar-refractivity contribution in [1.82, 2.24) is 5.32 Å². The van der Waals surface area contributed by atoms with Crippen molar-refractivity contribution in [3.63, 3.8) is 0 Å². The minimum absolute atomic E-state index is 0. The molecule has 1 atom stereocenters. The largest absolute Gasteiger partial charge is 0.348 e. The Labute approximate surface area is 135 Å². The lowest BCUT2D eigenvalue weighted by molar-refractivity contribution is 0.0935. The van der Waals surface area contributed by atoms with Gasteiger partial charge in [0, 0.05) is 12.6 Å². The van der Waals surface area contributed by atoms with Gasteiger partial charge < -0.3 is 11.1 Å². The molecule has 3 nitrogen and oxygen atoms in total. The van der Waals surface area contributed by atoms with Crippen LogP contribution in [0.5, 0.6) is 0 Å². The summed E-state index contributed by atoms with van der Waals surface area (Å²) in [5.41, 5.74) is 6.31. The summed E-state index contributed by atoms with van der Waals surface area (Å²) in [5, 5.41) is 2.96. The van der Waals surface area contributed by atoms with Gasteiger partial charge in [0.05, 0.1) is 13.1 Å². The van der Waals surface area contributed by atoms with Gasteiger partial charge in [-0.05, 0) is 44.3 Å². The second-order valence-electron chi connectivity index (χ2n) is 3.79. The van der Waals surface area contributed by atoms with Crippen molar-refractivity contribution in [3.8, 4) is 0 Å². The molecule has 0 aliphatic rings. The summed E-state index contributed by atoms with van der Waals surface area (Å²) < 4.78 is 1.78. The molecule has 104 valence electrons. The molecule has 0 aliphatic heterocycles. The van der Waals surface area contributed by atoms with Crippen molar-refractivity contribution >= 4 is 61.5 Å². The third-order valence-electron chi connectivity index (χ3n) is 2.43. The Hall–Kier alpha value is 0.380. The van der Waals surface area contributed by atoms with Crippen LogP contribution in [0.15, 0.2) is 13.6 Å². The van der Waals surface area contributed by atoms with E-state index >= 15 is 0 Å². The van der Waals surface area contributed by atoms with Crippen LogP contribution in [0.1, 0.15) is 36.5 Å². The Bertz CT molecular complexity index is 387. The fourth-order valence-electron chi connectivity index (χ4n) is 1.46. The number of amides is 1. The van der Waals surface area contributed by atoms with Crippen LogP contribution in [-0.4, -0.2) is 18.5 Å². The number of thiophene rings is 1. The Balaban J connectivity index is 0.00000289. The fourth-order valence-corrected chi connectivity index (χ4v) is 4.25. The van der Waals surface area contributed by atoms with Crippen molar-refractivity contribution in [3.05, 3.63) is 19.2 Å². The molecule has 0 saturated carbocycles. The van der Waals surface area contributed by atoms with E-state index in [4.69, 9.17) is 5.73 Å². The summed E-state index contributed by atoms with van der Waals surface area (Å²) in [6, 6.07) is 1.88. The zero-order valence-corrected chi connectivity index (χ0v) is 14.8. The maximum atomic E-state index is 12.0. The standard InChI is InChI=1S/C11H16Br2N2OS.ClH/c1-2-3-4-7(6-14)15-11(16)8-5-9(12)17-10(8)13;/h5,7H,2-4,6,14H2,1H3,(H,15,16);1H. The number of nitrogens with two attached hydrogens (primary N) is 1. The van der Waals surface area contributed by atoms with Gasteiger partial charge in [-0.2, -0.15) is 0 Å². The number of carbonyl (C=O) groups excluding carboxylic acids is 1. The highest BCUT2D eigenvalue weighted by atomic mass is 79.9. The van der Waals surface area contributed by atoms with Gasteiger partial charge in [0.15, 0.2) is 0 Å². The summed E-state index contributed by atoms with van der Waals surface area (Å²) in [6.45, 7) is 2.61. The van der Waals surface area contributed by atoms with E-state index in [0.717, 1.165) is 26.8 Å². The van der Waals surface area contributed by atoms with E-state index in [2.05, 4.69) is 44.1 Å². The van der Waals surface area contributed by atoms with Crippen LogP contribution in [-0.2, 0) is 0 Å². The van der Waals surface area contributed by atoms with Crippen LogP contribution < -0.4 is 11.1 Å². The van der Waals surface area contributed by atoms with Gasteiger partial charge in [-0.25, -0.2) is 0 Å². The van der Waals surface area contributed by atoms with Crippen LogP contribution in [0.4, 0.5) is 0 Å². The van der Waals surface area contributed by atoms with Crippen LogP contribution in [0, 0.1) is 0 Å². The SMILES string of the molecule is CCCCC(CN)NC(=O)c1cc(Br)sc1Br.Cl. The first-order chi connectivity index (χ1) is 8.08. The topological polar surface area (TPSA) is 55.1 Å². The zero-order chi connectivity index (χ0) is 12.8. The van der Waals surface area contributed by atoms with E-state index in [1.54, 1.807) is 0 Å². The van der Waals surface area contributed by atoms with Crippen molar-refractivity contribution in [2.75, 3.05) is 6.54 Å². The molecule has 0 saturated heterocycles. The molecule has 1 unspecified atom stereocenters. The van der Waals surface area contributed by atoms with Gasteiger partial charge in [-0.1, -0.05) is 19.8 Å². The van der Waals surface area contributed by atoms with E-state index in [1.165, 1.54) is 11.3 Å². The summed E-state index contributed by atoms with van der Waals surface area (Å²) in [5.74, 6) is -0.0645. The Morgan fingerprint density at radius 3 is 2.67 bits per heavy atom. The highest BCUT2D eigenvalue weighted by Gasteiger charge is 2.16. The second-order valence-corrected chi connectivity index (χ2v) is 7.54. The van der Waals surface area contributed by atoms with Crippen LogP contribution in [0.2, 0.25) is 0 Å². The molecule has 1 aromatic heterocycles. The molecular formula is C11H17Br2ClN2OS. The van der Waals surface area contributed by atoms with Gasteiger partial charge in [0.25, 0.3) is 5.91 Å². The third-order valence-corrected chi connectivity index (χ3v) is 4.77. The molecular weight excluding hydrogens is 403 g/mol. The molecule has 1 heterocycles. The molecule has 0 spiro atoms. The van der Waals surface area contributed by atoms with E-state index < -0.39 is 0 Å². The van der Waals surface area contributed by atoms with Crippen LogP contribution >= 0.6 is 55.6 Å². The Kier molecular flexibility index (Phi) is 9.51. The molecule has 1 rings (SSSR count). The lowest BCUT2D eigenvalue weighted by Crippen LogP contribution is -2.40. The second kappa shape index (κ2) is 9.31. The van der Waals surface area contributed by atoms with Crippen molar-refractivity contribution < 1.29 is 4.79 Å². The molecule has 18 heavy (non-hydrogen) atoms. The minimum Gasteiger partial charge on any atom is -0.348 e. The first kappa shape index (κ1) is 18.4. The summed E-state index contributed by atoms with van der Waals surface area (Å²) in [7, 11) is 0. The van der Waals surface area contributed by atoms with Gasteiger partial charge in [-0.3, -0.25) is 4.79 Å². The lowest BCUT2D eigenvalue weighted by Gasteiger charge is -2.16. The van der Waals surface area contributed by atoms with Crippen LogP contribution in [0.25, 0.3) is 0 Å². The number of hydrogen-bond acceptors (Lipinski definition) is 3. The van der Waals surface area contributed by atoms with E-state index in [0.29, 0.717) is 12.1 Å². The number of hydrogen-bond donors (Lipinski definition) is 2. The number of halogens is 3. The van der Waals surface area contributed by atoms with Gasteiger partial charge in [0.2, 0.25) is 0 Å². The highest BCUT2D eigenvalue weighted by Crippen LogP contribution is 2.31. The molecule has 0 bridgehead atoms. The first-order valence-electron chi connectivity index (χ1n) is 5.54. The predicted molar refractivity (Wildman–Crippen MR) is 86.8 cm³/mol. The average molecular weight is 421 g/mol. The van der Waals surface area contributed by atoms with Crippen molar-refractivity contribution in [2.24, 2.45) is 5.73 Å². The highest BCUT2D eigenvalue weighted by molar-refractivity contribution is 9.12. The molecule has 1 amide bonds. The van der Waals surface area contributed by atoms with Crippen molar-refractivity contribution in [2.45, 2.75) is 32.2 Å². The van der Waals surface area contributed by atoms with E-state index in [9.17, 15) is 4.79 Å². The maximum absolute atomic E-state index is 12.0. The number of rotatable bonds is 6. The fraction of sp³-hybridized carbons (Fsp3) is 0.545. The average Bonchev–Trinajstić information content (AvgIpc) is 2.63. The predicted octanol–water partition coefficient (Wildman–Crippen LogP) is 3.94. The maximum Gasteiger partial charge on any atom is 0.253 e. The molecule has 3 N–H and O–H groups in total. The van der Waals surface area contributed by atoms with E-state index in [-0.39, 0.29) is 24.4 Å². The number of unbranched alkanes of at least 4 members (excludes halogenated alkanes) is 1. The quantitative estimate of drug-likeness (QED) is 0.732. The monoisotopic (exact) mass is 418 g/mol. The van der Waals surface area contributed by atoms with Crippen molar-refractivity contribution in [1.29, 1.82) is 0 Å². The molecule has 1 aromatic rings. The Morgan fingerprint density at radius 1 is 1.56 bits per heavy atom. The van der Waals surface area contributed by atoms with Gasteiger partial charge in [-0.15, -0.1) is 23.7 Å². The molecule has 0 radical (unpaired) electrons. The van der Waals surface area contributed by atoms with E-state index in [1.807, 2.05) is 6.07 Å². The molecule has 0 fully saturated rings. The smallest absolute Gasteiger partial charge is 0.253 e. The summed E-state index contributed by atoms with van der Waals surface area (Å²) >= 11 is 8.23. The Morgan fingerprint density at radius 2 is 2.22 bits per heavy atom. The van der Waals surface area contributed by atoms with Gasteiger partial charge in [0.1, 0.15) is 0 Å². The molecule has 0 aromatic carbocycles. The summed E-state index contributed by atoms with van der Waals surface area (Å²) in [4.78, 5) is 12.0. The first-order valence-corrected chi connectivity index (χ1v) is 7.94. The number of nitrogens with one attached hydrogen (secondary N) is 1. The third kappa shape index (κ3) is 5.57. The van der Waals surface area contributed by atoms with Crippen LogP contribution in [0.3, 0.4) is 0 Å². The summed E-state index contributed by atoms with van der Waals surface area (Å²) in [6.07, 6.45) is 3.12. The normalized spacial score (nSPS) is 11.8. The lowest BCUT2D eigenvalue weighted by atomic mass is 10.1. The molecule has 0 aliphatic carbocycles. The van der Waals surface area contributed by atoms with Gasteiger partial charge >= 0.3 is 0 Å².